The number of rotatable bonds is 3. The van der Waals surface area contributed by atoms with Gasteiger partial charge in [0.05, 0.1) is 6.61 Å². The monoisotopic (exact) mass is 300 g/mol. The van der Waals surface area contributed by atoms with E-state index >= 15 is 0 Å². The maximum atomic E-state index is 10.1. The molecule has 0 aliphatic rings. The van der Waals surface area contributed by atoms with Gasteiger partial charge in [0.1, 0.15) is 11.5 Å². The van der Waals surface area contributed by atoms with Gasteiger partial charge in [0, 0.05) is 5.41 Å². The van der Waals surface area contributed by atoms with Gasteiger partial charge in [0.15, 0.2) is 0 Å². The van der Waals surface area contributed by atoms with Crippen LogP contribution in [0.5, 0.6) is 11.5 Å². The van der Waals surface area contributed by atoms with Crippen LogP contribution in [0.3, 0.4) is 0 Å². The molecule has 2 aromatic carbocycles. The molecule has 0 aliphatic heterocycles. The number of hydrogen-bond donors (Lipinski definition) is 3. The van der Waals surface area contributed by atoms with Crippen LogP contribution in [-0.2, 0) is 5.41 Å². The zero-order valence-electron chi connectivity index (χ0n) is 13.9. The largest absolute Gasteiger partial charge is 0.507 e. The van der Waals surface area contributed by atoms with Crippen molar-refractivity contribution in [2.75, 3.05) is 6.61 Å². The summed E-state index contributed by atoms with van der Waals surface area (Å²) >= 11 is 0. The predicted octanol–water partition coefficient (Wildman–Crippen LogP) is 3.63. The fraction of sp³-hybridized carbons (Fsp3) is 0.368. The minimum atomic E-state index is -0.591. The molecule has 3 heteroatoms. The Morgan fingerprint density at radius 3 is 1.23 bits per heavy atom. The summed E-state index contributed by atoms with van der Waals surface area (Å²) < 4.78 is 0. The Labute approximate surface area is 131 Å². The average Bonchev–Trinajstić information content (AvgIpc) is 2.48. The van der Waals surface area contributed by atoms with Crippen LogP contribution in [0, 0.1) is 27.7 Å². The van der Waals surface area contributed by atoms with Crippen molar-refractivity contribution < 1.29 is 15.3 Å². The van der Waals surface area contributed by atoms with Gasteiger partial charge < -0.3 is 15.3 Å². The minimum Gasteiger partial charge on any atom is -0.507 e. The Morgan fingerprint density at radius 2 is 1.00 bits per heavy atom. The fourth-order valence-electron chi connectivity index (χ4n) is 2.90. The molecule has 3 nitrogen and oxygen atoms in total. The summed E-state index contributed by atoms with van der Waals surface area (Å²) in [7, 11) is 0. The van der Waals surface area contributed by atoms with Crippen LogP contribution in [0.2, 0.25) is 0 Å². The van der Waals surface area contributed by atoms with Gasteiger partial charge in [-0.05, 0) is 68.0 Å². The normalized spacial score (nSPS) is 11.7. The highest BCUT2D eigenvalue weighted by atomic mass is 16.3. The quantitative estimate of drug-likeness (QED) is 0.811. The third-order valence-electron chi connectivity index (χ3n) is 4.57. The van der Waals surface area contributed by atoms with Gasteiger partial charge in [0.25, 0.3) is 0 Å². The van der Waals surface area contributed by atoms with Crippen molar-refractivity contribution in [1.82, 2.24) is 0 Å². The maximum absolute atomic E-state index is 10.1. The molecule has 0 bridgehead atoms. The first-order chi connectivity index (χ1) is 10.2. The number of phenols is 2. The second-order valence-electron chi connectivity index (χ2n) is 6.41. The second-order valence-corrected chi connectivity index (χ2v) is 6.41. The third kappa shape index (κ3) is 2.57. The first-order valence-corrected chi connectivity index (χ1v) is 7.43. The molecule has 0 fully saturated rings. The molecule has 0 aliphatic carbocycles. The average molecular weight is 300 g/mol. The van der Waals surface area contributed by atoms with Gasteiger partial charge >= 0.3 is 0 Å². The molecule has 2 rings (SSSR count). The van der Waals surface area contributed by atoms with Crippen molar-refractivity contribution in [3.05, 3.63) is 57.6 Å². The van der Waals surface area contributed by atoms with E-state index in [2.05, 4.69) is 0 Å². The summed E-state index contributed by atoms with van der Waals surface area (Å²) in [5.74, 6) is 0.587. The van der Waals surface area contributed by atoms with Crippen molar-refractivity contribution in [3.8, 4) is 11.5 Å². The molecule has 118 valence electrons. The molecule has 0 aromatic heterocycles. The fourth-order valence-corrected chi connectivity index (χ4v) is 2.90. The number of aryl methyl sites for hydroxylation is 4. The first-order valence-electron chi connectivity index (χ1n) is 7.43. The summed E-state index contributed by atoms with van der Waals surface area (Å²) in [6.07, 6.45) is 0. The van der Waals surface area contributed by atoms with Crippen molar-refractivity contribution in [2.45, 2.75) is 40.0 Å². The van der Waals surface area contributed by atoms with E-state index in [1.165, 1.54) is 0 Å². The van der Waals surface area contributed by atoms with E-state index in [-0.39, 0.29) is 6.61 Å². The van der Waals surface area contributed by atoms with Crippen LogP contribution in [0.1, 0.15) is 40.3 Å². The van der Waals surface area contributed by atoms with Crippen LogP contribution >= 0.6 is 0 Å². The van der Waals surface area contributed by atoms with Crippen LogP contribution in [0.15, 0.2) is 24.3 Å². The molecular weight excluding hydrogens is 276 g/mol. The Bertz CT molecular complexity index is 613. The Balaban J connectivity index is 2.68. The van der Waals surface area contributed by atoms with E-state index in [1.807, 2.05) is 58.9 Å². The Hall–Kier alpha value is -2.00. The number of hydrogen-bond acceptors (Lipinski definition) is 3. The van der Waals surface area contributed by atoms with Crippen molar-refractivity contribution in [1.29, 1.82) is 0 Å². The number of benzene rings is 2. The third-order valence-corrected chi connectivity index (χ3v) is 4.57. The van der Waals surface area contributed by atoms with E-state index in [9.17, 15) is 15.3 Å². The van der Waals surface area contributed by atoms with Gasteiger partial charge in [-0.15, -0.1) is 0 Å². The van der Waals surface area contributed by atoms with Gasteiger partial charge in [-0.3, -0.25) is 0 Å². The lowest BCUT2D eigenvalue weighted by Gasteiger charge is -2.30. The second kappa shape index (κ2) is 5.65. The number of aromatic hydroxyl groups is 2. The van der Waals surface area contributed by atoms with Crippen LogP contribution in [0.4, 0.5) is 0 Å². The zero-order valence-corrected chi connectivity index (χ0v) is 13.9. The molecule has 0 unspecified atom stereocenters. The van der Waals surface area contributed by atoms with Gasteiger partial charge in [-0.1, -0.05) is 24.3 Å². The highest BCUT2D eigenvalue weighted by molar-refractivity contribution is 5.51. The maximum Gasteiger partial charge on any atom is 0.121 e. The number of phenolic OH excluding ortho intramolecular Hbond substituents is 2. The van der Waals surface area contributed by atoms with Gasteiger partial charge in [-0.2, -0.15) is 0 Å². The van der Waals surface area contributed by atoms with Crippen molar-refractivity contribution in [2.24, 2.45) is 0 Å². The summed E-state index contributed by atoms with van der Waals surface area (Å²) in [5, 5.41) is 30.0. The van der Waals surface area contributed by atoms with Crippen molar-refractivity contribution >= 4 is 0 Å². The van der Waals surface area contributed by atoms with Gasteiger partial charge in [-0.25, -0.2) is 0 Å². The highest BCUT2D eigenvalue weighted by Crippen LogP contribution is 2.38. The van der Waals surface area contributed by atoms with E-state index in [1.54, 1.807) is 0 Å². The SMILES string of the molecule is Cc1cc(C(C)(CO)c2cc(C)c(O)c(C)c2)cc(C)c1O. The minimum absolute atomic E-state index is 0.0552. The zero-order chi connectivity index (χ0) is 16.7. The summed E-state index contributed by atoms with van der Waals surface area (Å²) in [6, 6.07) is 7.65. The lowest BCUT2D eigenvalue weighted by Crippen LogP contribution is -2.28. The summed E-state index contributed by atoms with van der Waals surface area (Å²) in [4.78, 5) is 0. The lowest BCUT2D eigenvalue weighted by atomic mass is 9.75. The topological polar surface area (TPSA) is 60.7 Å². The van der Waals surface area contributed by atoms with E-state index in [0.717, 1.165) is 33.4 Å². The number of aliphatic hydroxyl groups is 1. The van der Waals surface area contributed by atoms with Crippen LogP contribution < -0.4 is 0 Å². The molecule has 0 saturated carbocycles. The number of aliphatic hydroxyl groups excluding tert-OH is 1. The molecule has 0 spiro atoms. The standard InChI is InChI=1S/C19H24O3/c1-11-6-15(7-12(2)17(11)21)19(5,10-20)16-8-13(3)18(22)14(4)9-16/h6-9,20-22H,10H2,1-5H3. The Morgan fingerprint density at radius 1 is 0.727 bits per heavy atom. The molecule has 2 aromatic rings. The van der Waals surface area contributed by atoms with Crippen LogP contribution in [-0.4, -0.2) is 21.9 Å². The highest BCUT2D eigenvalue weighted by Gasteiger charge is 2.30. The molecule has 0 amide bonds. The first kappa shape index (κ1) is 16.4. The molecular formula is C19H24O3. The predicted molar refractivity (Wildman–Crippen MR) is 88.7 cm³/mol. The Kier molecular flexibility index (Phi) is 4.21. The lowest BCUT2D eigenvalue weighted by molar-refractivity contribution is 0.231. The molecule has 0 saturated heterocycles. The van der Waals surface area contributed by atoms with E-state index < -0.39 is 5.41 Å². The van der Waals surface area contributed by atoms with Crippen LogP contribution in [0.25, 0.3) is 0 Å². The molecule has 22 heavy (non-hydrogen) atoms. The molecule has 0 atom stereocenters. The molecule has 3 N–H and O–H groups in total. The van der Waals surface area contributed by atoms with E-state index in [0.29, 0.717) is 11.5 Å². The van der Waals surface area contributed by atoms with Crippen molar-refractivity contribution in [3.63, 3.8) is 0 Å². The smallest absolute Gasteiger partial charge is 0.121 e. The summed E-state index contributed by atoms with van der Waals surface area (Å²) in [6.45, 7) is 9.35. The molecule has 0 heterocycles. The molecule has 0 radical (unpaired) electrons. The summed E-state index contributed by atoms with van der Waals surface area (Å²) in [5.41, 5.74) is 4.49. The van der Waals surface area contributed by atoms with Gasteiger partial charge in [0.2, 0.25) is 0 Å². The van der Waals surface area contributed by atoms with E-state index in [4.69, 9.17) is 0 Å².